The first kappa shape index (κ1) is 19.9. The fourth-order valence-electron chi connectivity index (χ4n) is 5.00. The third kappa shape index (κ3) is 3.63. The number of H-pyrrole nitrogens is 1. The minimum atomic E-state index is -0.481. The van der Waals surface area contributed by atoms with Crippen LogP contribution in [-0.4, -0.2) is 88.8 Å². The topological polar surface area (TPSA) is 98.8 Å². The van der Waals surface area contributed by atoms with Gasteiger partial charge >= 0.3 is 0 Å². The number of hydrogen-bond acceptors (Lipinski definition) is 5. The van der Waals surface area contributed by atoms with E-state index in [2.05, 4.69) is 9.97 Å². The smallest absolute Gasteiger partial charge is 0.249 e. The van der Waals surface area contributed by atoms with Gasteiger partial charge in [-0.1, -0.05) is 0 Å². The Morgan fingerprint density at radius 1 is 1.17 bits per heavy atom. The monoisotopic (exact) mass is 403 g/mol. The maximum Gasteiger partial charge on any atom is 0.249 e. The van der Waals surface area contributed by atoms with Gasteiger partial charge in [-0.3, -0.25) is 14.4 Å². The summed E-state index contributed by atoms with van der Waals surface area (Å²) < 4.78 is 5.09. The van der Waals surface area contributed by atoms with E-state index in [-0.39, 0.29) is 24.3 Å². The summed E-state index contributed by atoms with van der Waals surface area (Å²) in [5, 5.41) is 0. The summed E-state index contributed by atoms with van der Waals surface area (Å²) in [6.45, 7) is 3.09. The van der Waals surface area contributed by atoms with Crippen molar-refractivity contribution in [2.75, 3.05) is 46.4 Å². The van der Waals surface area contributed by atoms with E-state index in [1.165, 1.54) is 7.11 Å². The van der Waals surface area contributed by atoms with Crippen LogP contribution in [-0.2, 0) is 31.1 Å². The number of likely N-dealkylation sites (tertiary alicyclic amines) is 2. The fraction of sp³-hybridized carbons (Fsp3) is 0.700. The maximum atomic E-state index is 12.7. The van der Waals surface area contributed by atoms with Crippen molar-refractivity contribution in [1.82, 2.24) is 24.7 Å². The van der Waals surface area contributed by atoms with Crippen molar-refractivity contribution in [3.63, 3.8) is 0 Å². The van der Waals surface area contributed by atoms with Crippen LogP contribution < -0.4 is 0 Å². The maximum absolute atomic E-state index is 12.7. The number of aromatic amines is 1. The molecule has 29 heavy (non-hydrogen) atoms. The molecule has 4 rings (SSSR count). The van der Waals surface area contributed by atoms with Crippen LogP contribution in [0.5, 0.6) is 0 Å². The second-order valence-corrected chi connectivity index (χ2v) is 8.10. The minimum Gasteiger partial charge on any atom is -0.375 e. The molecule has 4 heterocycles. The lowest BCUT2D eigenvalue weighted by atomic mass is 9.78. The number of nitrogens with zero attached hydrogens (tertiary/aromatic N) is 4. The molecule has 0 saturated carbocycles. The number of nitrogens with one attached hydrogen (secondary N) is 1. The summed E-state index contributed by atoms with van der Waals surface area (Å²) in [7, 11) is 1.53. The van der Waals surface area contributed by atoms with E-state index in [9.17, 15) is 14.4 Å². The number of methoxy groups -OCH3 is 1. The molecule has 1 spiro atoms. The molecule has 3 aliphatic heterocycles. The predicted octanol–water partition coefficient (Wildman–Crippen LogP) is 0.271. The Morgan fingerprint density at radius 2 is 1.97 bits per heavy atom. The molecular weight excluding hydrogens is 374 g/mol. The zero-order valence-electron chi connectivity index (χ0n) is 17.0. The summed E-state index contributed by atoms with van der Waals surface area (Å²) in [6.07, 6.45) is 5.61. The lowest BCUT2D eigenvalue weighted by molar-refractivity contribution is -0.147. The Balaban J connectivity index is 1.43. The summed E-state index contributed by atoms with van der Waals surface area (Å²) in [6, 6.07) is 0. The molecule has 0 atom stereocenters. The van der Waals surface area contributed by atoms with Gasteiger partial charge in [-0.05, 0) is 19.3 Å². The van der Waals surface area contributed by atoms with E-state index >= 15 is 0 Å². The summed E-state index contributed by atoms with van der Waals surface area (Å²) in [5.41, 5.74) is 1.53. The number of rotatable bonds is 5. The van der Waals surface area contributed by atoms with Gasteiger partial charge in [-0.15, -0.1) is 0 Å². The third-order valence-electron chi connectivity index (χ3n) is 6.54. The minimum absolute atomic E-state index is 0.0338. The zero-order valence-corrected chi connectivity index (χ0v) is 17.0. The molecule has 1 aromatic rings. The lowest BCUT2D eigenvalue weighted by Crippen LogP contribution is -2.59. The summed E-state index contributed by atoms with van der Waals surface area (Å²) in [4.78, 5) is 50.5. The van der Waals surface area contributed by atoms with Crippen molar-refractivity contribution in [2.45, 2.75) is 44.1 Å². The van der Waals surface area contributed by atoms with E-state index in [1.807, 2.05) is 9.80 Å². The van der Waals surface area contributed by atoms with Crippen molar-refractivity contribution in [2.24, 2.45) is 0 Å². The number of ether oxygens (including phenoxy) is 1. The number of hydrogen-bond donors (Lipinski definition) is 1. The number of fused-ring (bicyclic) bond motifs is 2. The van der Waals surface area contributed by atoms with Gasteiger partial charge in [0.15, 0.2) is 0 Å². The second kappa shape index (κ2) is 8.14. The van der Waals surface area contributed by atoms with Gasteiger partial charge in [0.1, 0.15) is 6.61 Å². The van der Waals surface area contributed by atoms with Crippen LogP contribution in [0.3, 0.4) is 0 Å². The molecule has 158 valence electrons. The van der Waals surface area contributed by atoms with E-state index in [1.54, 1.807) is 11.2 Å². The first-order chi connectivity index (χ1) is 14.0. The number of carbonyl (C=O) groups excluding carboxylic acids is 3. The molecular formula is C20H29N5O4. The molecule has 2 saturated heterocycles. The van der Waals surface area contributed by atoms with Gasteiger partial charge in [-0.2, -0.15) is 0 Å². The molecule has 1 aromatic heterocycles. The first-order valence-corrected chi connectivity index (χ1v) is 10.4. The second-order valence-electron chi connectivity index (χ2n) is 8.10. The van der Waals surface area contributed by atoms with Crippen LogP contribution in [0.15, 0.2) is 6.33 Å². The highest BCUT2D eigenvalue weighted by atomic mass is 16.5. The number of aromatic nitrogens is 2. The Kier molecular flexibility index (Phi) is 5.58. The van der Waals surface area contributed by atoms with Gasteiger partial charge in [0.25, 0.3) is 0 Å². The van der Waals surface area contributed by atoms with Crippen molar-refractivity contribution < 1.29 is 19.1 Å². The number of piperidine rings is 1. The zero-order chi connectivity index (χ0) is 20.4. The Morgan fingerprint density at radius 3 is 2.66 bits per heavy atom. The number of amides is 3. The van der Waals surface area contributed by atoms with E-state index in [0.717, 1.165) is 30.8 Å². The van der Waals surface area contributed by atoms with E-state index in [0.29, 0.717) is 51.9 Å². The Hall–Kier alpha value is -2.42. The average molecular weight is 403 g/mol. The molecule has 9 nitrogen and oxygen atoms in total. The van der Waals surface area contributed by atoms with Crippen molar-refractivity contribution in [1.29, 1.82) is 0 Å². The van der Waals surface area contributed by atoms with Crippen molar-refractivity contribution in [3.8, 4) is 0 Å². The van der Waals surface area contributed by atoms with Gasteiger partial charge in [0.2, 0.25) is 17.7 Å². The van der Waals surface area contributed by atoms with E-state index in [4.69, 9.17) is 4.74 Å². The van der Waals surface area contributed by atoms with Gasteiger partial charge in [0.05, 0.1) is 17.6 Å². The molecule has 0 aromatic carbocycles. The quantitative estimate of drug-likeness (QED) is 0.761. The predicted molar refractivity (Wildman–Crippen MR) is 104 cm³/mol. The van der Waals surface area contributed by atoms with Crippen LogP contribution in [0, 0.1) is 0 Å². The molecule has 9 heteroatoms. The molecule has 0 bridgehead atoms. The normalized spacial score (nSPS) is 21.0. The molecule has 0 aliphatic carbocycles. The highest BCUT2D eigenvalue weighted by Crippen LogP contribution is 2.42. The molecule has 0 unspecified atom stereocenters. The number of carbonyl (C=O) groups is 3. The number of imidazole rings is 1. The highest BCUT2D eigenvalue weighted by molar-refractivity contribution is 5.81. The van der Waals surface area contributed by atoms with Gasteiger partial charge in [0, 0.05) is 64.8 Å². The third-order valence-corrected chi connectivity index (χ3v) is 6.54. The first-order valence-electron chi connectivity index (χ1n) is 10.4. The van der Waals surface area contributed by atoms with Crippen LogP contribution >= 0.6 is 0 Å². The molecule has 3 amide bonds. The molecule has 3 aliphatic rings. The summed E-state index contributed by atoms with van der Waals surface area (Å²) >= 11 is 0. The molecule has 0 radical (unpaired) electrons. The van der Waals surface area contributed by atoms with Crippen LogP contribution in [0.2, 0.25) is 0 Å². The largest absolute Gasteiger partial charge is 0.375 e. The van der Waals surface area contributed by atoms with Gasteiger partial charge in [-0.25, -0.2) is 4.98 Å². The Bertz CT molecular complexity index is 784. The Labute approximate surface area is 170 Å². The van der Waals surface area contributed by atoms with E-state index < -0.39 is 5.54 Å². The van der Waals surface area contributed by atoms with Crippen molar-refractivity contribution >= 4 is 17.7 Å². The van der Waals surface area contributed by atoms with Crippen LogP contribution in [0.1, 0.15) is 43.5 Å². The molecule has 1 N–H and O–H groups in total. The molecule has 2 fully saturated rings. The highest BCUT2D eigenvalue weighted by Gasteiger charge is 2.49. The summed E-state index contributed by atoms with van der Waals surface area (Å²) in [5.74, 6) is 0.191. The van der Waals surface area contributed by atoms with Crippen LogP contribution in [0.25, 0.3) is 0 Å². The SMILES string of the molecule is COCC(=O)N1CCc2[nH]cnc2C12CCN(C(=O)CCN1CCCC1=O)CC2. The average Bonchev–Trinajstić information content (AvgIpc) is 3.36. The van der Waals surface area contributed by atoms with Crippen molar-refractivity contribution in [3.05, 3.63) is 17.7 Å². The lowest BCUT2D eigenvalue weighted by Gasteiger charge is -2.50. The van der Waals surface area contributed by atoms with Gasteiger partial charge < -0.3 is 24.4 Å². The standard InChI is InChI=1S/C20H29N5O4/c1-29-13-18(28)25-10-4-15-19(22-14-21-15)20(25)6-11-24(12-7-20)17(27)5-9-23-8-2-3-16(23)26/h14H,2-13H2,1H3,(H,21,22). The fourth-order valence-corrected chi connectivity index (χ4v) is 5.00. The van der Waals surface area contributed by atoms with Crippen LogP contribution in [0.4, 0.5) is 0 Å².